The van der Waals surface area contributed by atoms with Gasteiger partial charge in [-0.15, -0.1) is 11.8 Å². The lowest BCUT2D eigenvalue weighted by atomic mass is 10.2. The van der Waals surface area contributed by atoms with Gasteiger partial charge in [-0.2, -0.15) is 5.10 Å². The van der Waals surface area contributed by atoms with Crippen LogP contribution in [0, 0.1) is 5.82 Å². The second kappa shape index (κ2) is 6.32. The van der Waals surface area contributed by atoms with Gasteiger partial charge in [-0.3, -0.25) is 0 Å². The van der Waals surface area contributed by atoms with Crippen LogP contribution in [0.1, 0.15) is 0 Å². The highest BCUT2D eigenvalue weighted by Crippen LogP contribution is 2.31. The van der Waals surface area contributed by atoms with Crippen molar-refractivity contribution >= 4 is 35.0 Å². The van der Waals surface area contributed by atoms with Gasteiger partial charge in [0.25, 0.3) is 0 Å². The number of benzene rings is 2. The van der Waals surface area contributed by atoms with E-state index in [0.29, 0.717) is 10.0 Å². The van der Waals surface area contributed by atoms with Gasteiger partial charge in [0.2, 0.25) is 0 Å². The molecule has 1 aromatic heterocycles. The molecule has 1 heterocycles. The van der Waals surface area contributed by atoms with Gasteiger partial charge in [0.1, 0.15) is 10.8 Å². The maximum atomic E-state index is 13.1. The van der Waals surface area contributed by atoms with Gasteiger partial charge in [0.05, 0.1) is 21.4 Å². The molecule has 0 aliphatic heterocycles. The minimum atomic E-state index is -0.272. The first kappa shape index (κ1) is 15.4. The predicted octanol–water partition coefficient (Wildman–Crippen LogP) is 5.71. The normalized spacial score (nSPS) is 10.9. The number of hydrogen-bond donors (Lipinski definition) is 0. The van der Waals surface area contributed by atoms with Crippen molar-refractivity contribution in [3.8, 4) is 16.9 Å². The molecule has 0 aliphatic carbocycles. The lowest BCUT2D eigenvalue weighted by molar-refractivity contribution is 0.626. The minimum absolute atomic E-state index is 0.272. The summed E-state index contributed by atoms with van der Waals surface area (Å²) in [6.45, 7) is 0. The number of thioether (sulfide) groups is 1. The first-order chi connectivity index (χ1) is 10.6. The number of nitrogens with zero attached hydrogens (tertiary/aromatic N) is 2. The van der Waals surface area contributed by atoms with Gasteiger partial charge in [-0.25, -0.2) is 9.07 Å². The molecule has 0 fully saturated rings. The zero-order valence-corrected chi connectivity index (χ0v) is 13.9. The first-order valence-corrected chi connectivity index (χ1v) is 8.42. The molecular weight excluding hydrogens is 342 g/mol. The van der Waals surface area contributed by atoms with Crippen molar-refractivity contribution in [2.75, 3.05) is 6.26 Å². The van der Waals surface area contributed by atoms with Crippen LogP contribution in [0.15, 0.2) is 53.6 Å². The topological polar surface area (TPSA) is 17.8 Å². The predicted molar refractivity (Wildman–Crippen MR) is 90.8 cm³/mol. The molecule has 6 heteroatoms. The third kappa shape index (κ3) is 3.00. The fourth-order valence-corrected chi connectivity index (χ4v) is 2.92. The molecule has 2 nitrogen and oxygen atoms in total. The fraction of sp³-hybridized carbons (Fsp3) is 0.0625. The minimum Gasteiger partial charge on any atom is -0.227 e. The number of halogens is 3. The molecule has 0 amide bonds. The summed E-state index contributed by atoms with van der Waals surface area (Å²) in [5.74, 6) is -0.272. The Balaban J connectivity index is 2.07. The van der Waals surface area contributed by atoms with Crippen molar-refractivity contribution in [3.05, 3.63) is 64.4 Å². The molecule has 3 rings (SSSR count). The van der Waals surface area contributed by atoms with Crippen molar-refractivity contribution in [2.24, 2.45) is 0 Å². The molecule has 0 radical (unpaired) electrons. The zero-order valence-electron chi connectivity index (χ0n) is 11.6. The van der Waals surface area contributed by atoms with Crippen molar-refractivity contribution in [3.63, 3.8) is 0 Å². The SMILES string of the molecule is CSc1cc(-c2ccc(Cl)c(Cl)c2)nn1-c1ccc(F)cc1. The van der Waals surface area contributed by atoms with Gasteiger partial charge in [0, 0.05) is 5.56 Å². The van der Waals surface area contributed by atoms with E-state index in [1.54, 1.807) is 40.7 Å². The van der Waals surface area contributed by atoms with Gasteiger partial charge in [0.15, 0.2) is 0 Å². The van der Waals surface area contributed by atoms with E-state index in [1.807, 2.05) is 18.4 Å². The van der Waals surface area contributed by atoms with E-state index in [9.17, 15) is 4.39 Å². The average Bonchev–Trinajstić information content (AvgIpc) is 2.95. The van der Waals surface area contributed by atoms with Crippen molar-refractivity contribution < 1.29 is 4.39 Å². The Morgan fingerprint density at radius 2 is 1.73 bits per heavy atom. The summed E-state index contributed by atoms with van der Waals surface area (Å²) in [7, 11) is 0. The van der Waals surface area contributed by atoms with E-state index in [-0.39, 0.29) is 5.82 Å². The van der Waals surface area contributed by atoms with E-state index in [1.165, 1.54) is 12.1 Å². The summed E-state index contributed by atoms with van der Waals surface area (Å²) in [6, 6.07) is 13.6. The second-order valence-corrected chi connectivity index (χ2v) is 6.23. The summed E-state index contributed by atoms with van der Waals surface area (Å²) >= 11 is 13.6. The smallest absolute Gasteiger partial charge is 0.123 e. The van der Waals surface area contributed by atoms with Crippen LogP contribution < -0.4 is 0 Å². The number of rotatable bonds is 3. The van der Waals surface area contributed by atoms with E-state index >= 15 is 0 Å². The van der Waals surface area contributed by atoms with Crippen molar-refractivity contribution in [2.45, 2.75) is 5.03 Å². The molecule has 0 spiro atoms. The summed E-state index contributed by atoms with van der Waals surface area (Å²) in [5.41, 5.74) is 2.47. The van der Waals surface area contributed by atoms with Crippen molar-refractivity contribution in [1.29, 1.82) is 0 Å². The van der Waals surface area contributed by atoms with Crippen LogP contribution in [0.3, 0.4) is 0 Å². The van der Waals surface area contributed by atoms with Crippen molar-refractivity contribution in [1.82, 2.24) is 9.78 Å². The summed E-state index contributed by atoms with van der Waals surface area (Å²) in [6.07, 6.45) is 1.97. The highest BCUT2D eigenvalue weighted by Gasteiger charge is 2.12. The highest BCUT2D eigenvalue weighted by atomic mass is 35.5. The molecule has 3 aromatic rings. The van der Waals surface area contributed by atoms with E-state index in [2.05, 4.69) is 5.10 Å². The van der Waals surface area contributed by atoms with E-state index < -0.39 is 0 Å². The fourth-order valence-electron chi connectivity index (χ4n) is 2.07. The molecule has 22 heavy (non-hydrogen) atoms. The monoisotopic (exact) mass is 352 g/mol. The Morgan fingerprint density at radius 3 is 2.36 bits per heavy atom. The largest absolute Gasteiger partial charge is 0.227 e. The van der Waals surface area contributed by atoms with Crippen LogP contribution in [0.2, 0.25) is 10.0 Å². The molecule has 0 saturated carbocycles. The maximum absolute atomic E-state index is 13.1. The van der Waals surface area contributed by atoms with Crippen LogP contribution in [-0.4, -0.2) is 16.0 Å². The van der Waals surface area contributed by atoms with E-state index in [0.717, 1.165) is 22.0 Å². The second-order valence-electron chi connectivity index (χ2n) is 4.59. The van der Waals surface area contributed by atoms with Crippen LogP contribution in [-0.2, 0) is 0 Å². The number of aromatic nitrogens is 2. The summed E-state index contributed by atoms with van der Waals surface area (Å²) in [4.78, 5) is 0. The van der Waals surface area contributed by atoms with Gasteiger partial charge < -0.3 is 0 Å². The van der Waals surface area contributed by atoms with Crippen LogP contribution in [0.25, 0.3) is 16.9 Å². The average molecular weight is 353 g/mol. The lowest BCUT2D eigenvalue weighted by Crippen LogP contribution is -1.98. The molecule has 0 aliphatic rings. The third-order valence-corrected chi connectivity index (χ3v) is 4.62. The molecule has 0 bridgehead atoms. The van der Waals surface area contributed by atoms with Crippen LogP contribution in [0.4, 0.5) is 4.39 Å². The third-order valence-electron chi connectivity index (χ3n) is 3.17. The van der Waals surface area contributed by atoms with Crippen LogP contribution >= 0.6 is 35.0 Å². The summed E-state index contributed by atoms with van der Waals surface area (Å²) < 4.78 is 14.9. The molecule has 112 valence electrons. The summed E-state index contributed by atoms with van der Waals surface area (Å²) in [5, 5.41) is 6.54. The van der Waals surface area contributed by atoms with Gasteiger partial charge in [-0.05, 0) is 48.7 Å². The maximum Gasteiger partial charge on any atom is 0.123 e. The van der Waals surface area contributed by atoms with Gasteiger partial charge in [-0.1, -0.05) is 29.3 Å². The Bertz CT molecular complexity index is 816. The van der Waals surface area contributed by atoms with Crippen LogP contribution in [0.5, 0.6) is 0 Å². The molecule has 0 unspecified atom stereocenters. The first-order valence-electron chi connectivity index (χ1n) is 6.44. The Hall–Kier alpha value is -1.49. The zero-order chi connectivity index (χ0) is 15.7. The molecule has 2 aromatic carbocycles. The quantitative estimate of drug-likeness (QED) is 0.562. The van der Waals surface area contributed by atoms with Gasteiger partial charge >= 0.3 is 0 Å². The Kier molecular flexibility index (Phi) is 4.43. The molecule has 0 N–H and O–H groups in total. The number of hydrogen-bond acceptors (Lipinski definition) is 2. The highest BCUT2D eigenvalue weighted by molar-refractivity contribution is 7.98. The standard InChI is InChI=1S/C16H11Cl2FN2S/c1-22-16-9-15(10-2-7-13(17)14(18)8-10)20-21(16)12-5-3-11(19)4-6-12/h2-9H,1H3. The Labute approximate surface area is 141 Å². The molecule has 0 atom stereocenters. The van der Waals surface area contributed by atoms with E-state index in [4.69, 9.17) is 23.2 Å². The Morgan fingerprint density at radius 1 is 1.00 bits per heavy atom. The molecule has 0 saturated heterocycles. The molecular formula is C16H11Cl2FN2S. The lowest BCUT2D eigenvalue weighted by Gasteiger charge is -2.04.